The lowest BCUT2D eigenvalue weighted by molar-refractivity contribution is -0.490. The molecule has 5 nitrogen and oxygen atoms in total. The van der Waals surface area contributed by atoms with Crippen LogP contribution in [0.3, 0.4) is 0 Å². The Kier molecular flexibility index (Phi) is 5.07. The van der Waals surface area contributed by atoms with Crippen molar-refractivity contribution in [2.75, 3.05) is 0 Å². The number of quaternary nitrogens is 1. The molecule has 0 saturated heterocycles. The lowest BCUT2D eigenvalue weighted by atomic mass is 10.3. The van der Waals surface area contributed by atoms with Crippen LogP contribution in [-0.4, -0.2) is 15.9 Å². The van der Waals surface area contributed by atoms with Gasteiger partial charge >= 0.3 is 11.9 Å². The Hall–Kier alpha value is -1.30. The van der Waals surface area contributed by atoms with E-state index in [-0.39, 0.29) is 30.8 Å². The van der Waals surface area contributed by atoms with Gasteiger partial charge in [0, 0.05) is 0 Å². The van der Waals surface area contributed by atoms with Gasteiger partial charge in [-0.2, -0.15) is 10.3 Å². The zero-order valence-corrected chi connectivity index (χ0v) is 9.26. The van der Waals surface area contributed by atoms with Crippen LogP contribution in [-0.2, 0) is 0 Å². The van der Waals surface area contributed by atoms with Crippen LogP contribution in [0.15, 0.2) is 24.3 Å². The van der Waals surface area contributed by atoms with Gasteiger partial charge in [-0.1, -0.05) is 12.1 Å². The van der Waals surface area contributed by atoms with Crippen molar-refractivity contribution < 1.29 is 35.5 Å². The number of aromatic amines is 1. The van der Waals surface area contributed by atoms with Crippen LogP contribution in [0.4, 0.5) is 5.95 Å². The summed E-state index contributed by atoms with van der Waals surface area (Å²) in [5, 5.41) is 6.92. The molecule has 2 aromatic rings. The molecule has 0 aliphatic heterocycles. The number of H-pyrrole nitrogens is 1. The number of benzene rings is 1. The van der Waals surface area contributed by atoms with E-state index in [9.17, 15) is 0 Å². The summed E-state index contributed by atoms with van der Waals surface area (Å²) < 4.78 is 0. The van der Waals surface area contributed by atoms with Crippen LogP contribution < -0.4 is 41.3 Å². The Morgan fingerprint density at radius 1 is 1.33 bits per heavy atom. The van der Waals surface area contributed by atoms with Crippen LogP contribution in [0.2, 0.25) is 0 Å². The summed E-state index contributed by atoms with van der Waals surface area (Å²) in [6, 6.07) is 7.75. The molecule has 0 aliphatic carbocycles. The normalized spacial score (nSPS) is 9.07. The minimum Gasteiger partial charge on any atom is -1.00 e. The quantitative estimate of drug-likeness (QED) is 0.298. The molecule has 7 heteroatoms. The Bertz CT molecular complexity index is 420. The molecule has 0 fully saturated rings. The molecule has 0 aliphatic rings. The molecular weight excluding hydrogens is 237 g/mol. The monoisotopic (exact) mass is 247 g/mol. The van der Waals surface area contributed by atoms with Crippen molar-refractivity contribution >= 4 is 22.9 Å². The molecule has 7 N–H and O–H groups in total. The Labute approximate surface area is 98.8 Å². The molecular formula is C8H11Cl2N5. The number of nitrogens with zero attached hydrogens (tertiary/aromatic N) is 1. The van der Waals surface area contributed by atoms with E-state index in [1.807, 2.05) is 24.3 Å². The summed E-state index contributed by atoms with van der Waals surface area (Å²) in [6.45, 7) is 0. The highest BCUT2D eigenvalue weighted by Crippen LogP contribution is 2.09. The number of para-hydroxylation sites is 2. The van der Waals surface area contributed by atoms with Crippen LogP contribution in [0.1, 0.15) is 0 Å². The summed E-state index contributed by atoms with van der Waals surface area (Å²) >= 11 is 0. The molecule has 2 rings (SSSR count). The first-order chi connectivity index (χ1) is 6.25. The summed E-state index contributed by atoms with van der Waals surface area (Å²) in [5.74, 6) is 0.931. The number of nitrogens with two attached hydrogens (primary N) is 3. The zero-order valence-electron chi connectivity index (χ0n) is 7.74. The third-order valence-electron chi connectivity index (χ3n) is 1.71. The zero-order chi connectivity index (χ0) is 9.26. The molecule has 0 unspecified atom stereocenters. The second kappa shape index (κ2) is 5.55. The van der Waals surface area contributed by atoms with Crippen molar-refractivity contribution in [1.82, 2.24) is 9.97 Å². The smallest absolute Gasteiger partial charge is 0.441 e. The lowest BCUT2D eigenvalue weighted by Gasteiger charge is -1.83. The molecule has 15 heavy (non-hydrogen) atoms. The molecule has 0 amide bonds. The van der Waals surface area contributed by atoms with E-state index < -0.39 is 0 Å². The maximum atomic E-state index is 5.33. The number of hydrogen-bond acceptors (Lipinski definition) is 1. The first-order valence-electron chi connectivity index (χ1n) is 3.93. The number of nitrogens with one attached hydrogen (secondary N) is 1. The van der Waals surface area contributed by atoms with Crippen molar-refractivity contribution in [2.45, 2.75) is 0 Å². The number of halogens is 2. The predicted octanol–water partition coefficient (Wildman–Crippen LogP) is -8.16. The number of rotatable bonds is 1. The second-order valence-electron chi connectivity index (χ2n) is 2.78. The van der Waals surface area contributed by atoms with Crippen molar-refractivity contribution in [3.05, 3.63) is 24.3 Å². The van der Waals surface area contributed by atoms with Gasteiger partial charge in [-0.05, 0) is 12.1 Å². The Morgan fingerprint density at radius 2 is 2.00 bits per heavy atom. The molecule has 1 aromatic carbocycles. The number of hydrogen-bond donors (Lipinski definition) is 4. The minimum atomic E-state index is 0. The van der Waals surface area contributed by atoms with Crippen LogP contribution in [0, 0.1) is 0 Å². The van der Waals surface area contributed by atoms with E-state index in [0.717, 1.165) is 11.0 Å². The molecule has 0 bridgehead atoms. The van der Waals surface area contributed by atoms with Gasteiger partial charge in [0.25, 0.3) is 0 Å². The fraction of sp³-hybridized carbons (Fsp3) is 0. The summed E-state index contributed by atoms with van der Waals surface area (Å²) in [7, 11) is 0. The average Bonchev–Trinajstić information content (AvgIpc) is 2.44. The number of aromatic nitrogens is 2. The topological polar surface area (TPSA) is 96.9 Å². The number of fused-ring (bicyclic) bond motifs is 1. The third-order valence-corrected chi connectivity index (χ3v) is 1.71. The predicted molar refractivity (Wildman–Crippen MR) is 48.8 cm³/mol. The van der Waals surface area contributed by atoms with Crippen LogP contribution in [0.25, 0.3) is 11.0 Å². The lowest BCUT2D eigenvalue weighted by Crippen LogP contribution is -3.00. The van der Waals surface area contributed by atoms with Gasteiger partial charge < -0.3 is 24.8 Å². The molecule has 82 valence electrons. The van der Waals surface area contributed by atoms with Gasteiger partial charge in [0.2, 0.25) is 0 Å². The summed E-state index contributed by atoms with van der Waals surface area (Å²) in [6.07, 6.45) is 0. The molecule has 0 spiro atoms. The van der Waals surface area contributed by atoms with Crippen molar-refractivity contribution in [3.63, 3.8) is 0 Å². The van der Waals surface area contributed by atoms with Crippen LogP contribution >= 0.6 is 0 Å². The summed E-state index contributed by atoms with van der Waals surface area (Å²) in [4.78, 5) is 7.34. The highest BCUT2D eigenvalue weighted by Gasteiger charge is 2.08. The fourth-order valence-electron chi connectivity index (χ4n) is 1.20. The third kappa shape index (κ3) is 3.09. The highest BCUT2D eigenvalue weighted by atomic mass is 35.5. The molecule has 0 radical (unpaired) electrons. The van der Waals surface area contributed by atoms with Crippen LogP contribution in [0.5, 0.6) is 0 Å². The van der Waals surface area contributed by atoms with E-state index >= 15 is 0 Å². The minimum absolute atomic E-state index is 0. The standard InChI is InChI=1S/C8H9N5.2ClH/c9-7(10)13-8-11-5-3-1-2-4-6(5)12-8;;/h1-4H,(H5,9,10,11,12,13);2*1H. The first-order valence-corrected chi connectivity index (χ1v) is 3.93. The summed E-state index contributed by atoms with van der Waals surface area (Å²) in [5.41, 5.74) is 7.22. The maximum Gasteiger partial charge on any atom is 0.441 e. The molecule has 0 saturated carbocycles. The van der Waals surface area contributed by atoms with E-state index in [2.05, 4.69) is 9.97 Å². The van der Waals surface area contributed by atoms with E-state index in [1.165, 1.54) is 0 Å². The fourth-order valence-corrected chi connectivity index (χ4v) is 1.20. The van der Waals surface area contributed by atoms with Gasteiger partial charge in [0.05, 0.1) is 11.0 Å². The van der Waals surface area contributed by atoms with E-state index in [1.54, 1.807) is 5.32 Å². The van der Waals surface area contributed by atoms with Gasteiger partial charge in [-0.3, -0.25) is 4.98 Å². The molecule has 1 heterocycles. The number of guanidine groups is 1. The van der Waals surface area contributed by atoms with Gasteiger partial charge in [-0.25, -0.2) is 11.1 Å². The first kappa shape index (κ1) is 13.7. The van der Waals surface area contributed by atoms with Crippen molar-refractivity contribution in [2.24, 2.45) is 5.73 Å². The second-order valence-corrected chi connectivity index (χ2v) is 2.78. The number of imidazole rings is 1. The largest absolute Gasteiger partial charge is 1.00 e. The van der Waals surface area contributed by atoms with Crippen molar-refractivity contribution in [3.8, 4) is 0 Å². The molecule has 0 atom stereocenters. The van der Waals surface area contributed by atoms with E-state index in [0.29, 0.717) is 5.95 Å². The molecule has 1 aromatic heterocycles. The van der Waals surface area contributed by atoms with Gasteiger partial charge in [0.15, 0.2) is 0 Å². The van der Waals surface area contributed by atoms with Gasteiger partial charge in [0.1, 0.15) is 0 Å². The highest BCUT2D eigenvalue weighted by molar-refractivity contribution is 5.76. The maximum absolute atomic E-state index is 5.33. The average molecular weight is 248 g/mol. The Balaban J connectivity index is 0.000000980. The van der Waals surface area contributed by atoms with E-state index in [4.69, 9.17) is 11.1 Å². The van der Waals surface area contributed by atoms with Gasteiger partial charge in [-0.15, -0.1) is 0 Å². The van der Waals surface area contributed by atoms with Crippen molar-refractivity contribution in [1.29, 1.82) is 0 Å². The Morgan fingerprint density at radius 3 is 2.60 bits per heavy atom. The SMILES string of the molecule is NC(=[NH2+])[NH2+]c1nc2ccccc2[nH]1.[Cl-].[Cl-].